The van der Waals surface area contributed by atoms with Gasteiger partial charge in [-0.2, -0.15) is 0 Å². The number of carbonyl (C=O) groups excluding carboxylic acids is 1. The molecule has 0 fully saturated rings. The molecule has 1 rings (SSSR count). The van der Waals surface area contributed by atoms with Gasteiger partial charge in [-0.3, -0.25) is 4.79 Å². The van der Waals surface area contributed by atoms with Crippen LogP contribution >= 0.6 is 0 Å². The molecule has 1 N–H and O–H groups in total. The second-order valence-electron chi connectivity index (χ2n) is 4.70. The maximum atomic E-state index is 12.4. The number of nitrogens with one attached hydrogen (secondary N) is 1. The second-order valence-corrected chi connectivity index (χ2v) is 4.70. The second kappa shape index (κ2) is 8.67. The molecule has 1 aromatic carbocycles. The fourth-order valence-corrected chi connectivity index (χ4v) is 1.98. The number of hydrogen-bond donors (Lipinski definition) is 1. The highest BCUT2D eigenvalue weighted by atomic mass is 16.5. The zero-order valence-corrected chi connectivity index (χ0v) is 12.1. The van der Waals surface area contributed by atoms with Crippen molar-refractivity contribution in [2.45, 2.75) is 13.5 Å². The molecule has 0 aliphatic carbocycles. The van der Waals surface area contributed by atoms with Crippen molar-refractivity contribution >= 4 is 5.91 Å². The molecule has 0 saturated heterocycles. The molecular weight excluding hydrogens is 240 g/mol. The van der Waals surface area contributed by atoms with Crippen LogP contribution in [0.3, 0.4) is 0 Å². The van der Waals surface area contributed by atoms with Crippen molar-refractivity contribution in [2.24, 2.45) is 5.92 Å². The predicted octanol–water partition coefficient (Wildman–Crippen LogP) is 1.52. The molecule has 0 saturated carbocycles. The zero-order chi connectivity index (χ0) is 14.1. The molecule has 1 atom stereocenters. The van der Waals surface area contributed by atoms with Crippen LogP contribution in [0.5, 0.6) is 0 Å². The Morgan fingerprint density at radius 1 is 1.37 bits per heavy atom. The Balaban J connectivity index is 2.68. The van der Waals surface area contributed by atoms with E-state index in [9.17, 15) is 4.79 Å². The van der Waals surface area contributed by atoms with Gasteiger partial charge in [0.1, 0.15) is 0 Å². The van der Waals surface area contributed by atoms with Crippen molar-refractivity contribution in [3.05, 3.63) is 35.9 Å². The van der Waals surface area contributed by atoms with E-state index >= 15 is 0 Å². The van der Waals surface area contributed by atoms with Crippen LogP contribution in [-0.4, -0.2) is 44.7 Å². The predicted molar refractivity (Wildman–Crippen MR) is 76.8 cm³/mol. The van der Waals surface area contributed by atoms with Crippen LogP contribution in [-0.2, 0) is 16.1 Å². The van der Waals surface area contributed by atoms with Gasteiger partial charge in [0.05, 0.1) is 6.61 Å². The van der Waals surface area contributed by atoms with Crippen LogP contribution in [0.25, 0.3) is 0 Å². The summed E-state index contributed by atoms with van der Waals surface area (Å²) in [7, 11) is 3.52. The van der Waals surface area contributed by atoms with Gasteiger partial charge in [-0.25, -0.2) is 0 Å². The molecule has 1 unspecified atom stereocenters. The van der Waals surface area contributed by atoms with E-state index in [0.717, 1.165) is 5.56 Å². The van der Waals surface area contributed by atoms with E-state index in [1.165, 1.54) is 0 Å². The van der Waals surface area contributed by atoms with E-state index in [2.05, 4.69) is 5.32 Å². The maximum absolute atomic E-state index is 12.4. The lowest BCUT2D eigenvalue weighted by Crippen LogP contribution is -2.39. The van der Waals surface area contributed by atoms with Crippen molar-refractivity contribution in [3.8, 4) is 0 Å². The number of ether oxygens (including phenoxy) is 1. The molecule has 1 amide bonds. The van der Waals surface area contributed by atoms with Gasteiger partial charge in [-0.15, -0.1) is 0 Å². The smallest absolute Gasteiger partial charge is 0.227 e. The molecular formula is C15H24N2O2. The highest BCUT2D eigenvalue weighted by Gasteiger charge is 2.19. The van der Waals surface area contributed by atoms with Crippen LogP contribution in [0.2, 0.25) is 0 Å². The number of amides is 1. The standard InChI is InChI=1S/C15H24N2O2/c1-13(11-16-2)15(18)17(9-10-19-3)12-14-7-5-4-6-8-14/h4-8,13,16H,9-12H2,1-3H3. The minimum atomic E-state index is -0.0226. The van der Waals surface area contributed by atoms with Crippen LogP contribution in [0.15, 0.2) is 30.3 Å². The molecule has 0 aromatic heterocycles. The monoisotopic (exact) mass is 264 g/mol. The minimum absolute atomic E-state index is 0.0226. The van der Waals surface area contributed by atoms with E-state index in [-0.39, 0.29) is 11.8 Å². The molecule has 0 radical (unpaired) electrons. The summed E-state index contributed by atoms with van der Waals surface area (Å²) in [4.78, 5) is 14.2. The van der Waals surface area contributed by atoms with Crippen molar-refractivity contribution in [3.63, 3.8) is 0 Å². The summed E-state index contributed by atoms with van der Waals surface area (Å²) < 4.78 is 5.09. The zero-order valence-electron chi connectivity index (χ0n) is 12.1. The number of rotatable bonds is 8. The van der Waals surface area contributed by atoms with E-state index in [1.807, 2.05) is 49.2 Å². The van der Waals surface area contributed by atoms with Crippen molar-refractivity contribution in [2.75, 3.05) is 33.9 Å². The summed E-state index contributed by atoms with van der Waals surface area (Å²) in [6, 6.07) is 10.0. The summed E-state index contributed by atoms with van der Waals surface area (Å²) in [6.07, 6.45) is 0. The third-order valence-electron chi connectivity index (χ3n) is 3.03. The lowest BCUT2D eigenvalue weighted by atomic mass is 10.1. The Hall–Kier alpha value is -1.39. The number of methoxy groups -OCH3 is 1. The molecule has 1 aromatic rings. The summed E-state index contributed by atoms with van der Waals surface area (Å²) in [5, 5.41) is 3.04. The molecule has 0 aliphatic rings. The van der Waals surface area contributed by atoms with Crippen LogP contribution in [0.4, 0.5) is 0 Å². The molecule has 0 spiro atoms. The summed E-state index contributed by atoms with van der Waals surface area (Å²) in [5.41, 5.74) is 1.14. The van der Waals surface area contributed by atoms with Gasteiger partial charge in [-0.05, 0) is 12.6 Å². The number of nitrogens with zero attached hydrogens (tertiary/aromatic N) is 1. The Morgan fingerprint density at radius 2 is 2.05 bits per heavy atom. The summed E-state index contributed by atoms with van der Waals surface area (Å²) >= 11 is 0. The van der Waals surface area contributed by atoms with Crippen molar-refractivity contribution in [1.82, 2.24) is 10.2 Å². The van der Waals surface area contributed by atoms with E-state index in [0.29, 0.717) is 26.2 Å². The quantitative estimate of drug-likeness (QED) is 0.774. The number of hydrogen-bond acceptors (Lipinski definition) is 3. The molecule has 0 heterocycles. The molecule has 4 nitrogen and oxygen atoms in total. The summed E-state index contributed by atoms with van der Waals surface area (Å²) in [5.74, 6) is 0.140. The first-order valence-corrected chi connectivity index (χ1v) is 6.65. The first-order chi connectivity index (χ1) is 9.19. The van der Waals surface area contributed by atoms with Crippen molar-refractivity contribution < 1.29 is 9.53 Å². The third kappa shape index (κ3) is 5.41. The van der Waals surface area contributed by atoms with Gasteiger partial charge in [-0.1, -0.05) is 37.3 Å². The van der Waals surface area contributed by atoms with E-state index in [4.69, 9.17) is 4.74 Å². The fraction of sp³-hybridized carbons (Fsp3) is 0.533. The normalized spacial score (nSPS) is 12.2. The van der Waals surface area contributed by atoms with E-state index in [1.54, 1.807) is 7.11 Å². The number of benzene rings is 1. The first kappa shape index (κ1) is 15.7. The Morgan fingerprint density at radius 3 is 2.63 bits per heavy atom. The lowest BCUT2D eigenvalue weighted by molar-refractivity contribution is -0.136. The fourth-order valence-electron chi connectivity index (χ4n) is 1.98. The Labute approximate surface area is 115 Å². The van der Waals surface area contributed by atoms with Gasteiger partial charge < -0.3 is 15.0 Å². The molecule has 4 heteroatoms. The maximum Gasteiger partial charge on any atom is 0.227 e. The Kier molecular flexibility index (Phi) is 7.15. The molecule has 19 heavy (non-hydrogen) atoms. The topological polar surface area (TPSA) is 41.6 Å². The average Bonchev–Trinajstić information content (AvgIpc) is 2.44. The highest BCUT2D eigenvalue weighted by molar-refractivity contribution is 5.78. The van der Waals surface area contributed by atoms with Gasteiger partial charge in [0.15, 0.2) is 0 Å². The third-order valence-corrected chi connectivity index (χ3v) is 3.03. The Bertz CT molecular complexity index is 368. The largest absolute Gasteiger partial charge is 0.383 e. The van der Waals surface area contributed by atoms with Crippen LogP contribution in [0, 0.1) is 5.92 Å². The van der Waals surface area contributed by atoms with Gasteiger partial charge in [0.2, 0.25) is 5.91 Å². The molecule has 0 aliphatic heterocycles. The van der Waals surface area contributed by atoms with Gasteiger partial charge >= 0.3 is 0 Å². The molecule has 0 bridgehead atoms. The van der Waals surface area contributed by atoms with Gasteiger partial charge in [0, 0.05) is 32.7 Å². The minimum Gasteiger partial charge on any atom is -0.383 e. The lowest BCUT2D eigenvalue weighted by Gasteiger charge is -2.25. The average molecular weight is 264 g/mol. The SMILES string of the molecule is CNCC(C)C(=O)N(CCOC)Cc1ccccc1. The van der Waals surface area contributed by atoms with Gasteiger partial charge in [0.25, 0.3) is 0 Å². The van der Waals surface area contributed by atoms with Crippen LogP contribution < -0.4 is 5.32 Å². The van der Waals surface area contributed by atoms with E-state index < -0.39 is 0 Å². The highest BCUT2D eigenvalue weighted by Crippen LogP contribution is 2.08. The van der Waals surface area contributed by atoms with Crippen molar-refractivity contribution in [1.29, 1.82) is 0 Å². The summed E-state index contributed by atoms with van der Waals surface area (Å²) in [6.45, 7) is 4.46. The van der Waals surface area contributed by atoms with Crippen LogP contribution in [0.1, 0.15) is 12.5 Å². The molecule has 106 valence electrons. The number of carbonyl (C=O) groups is 1. The first-order valence-electron chi connectivity index (χ1n) is 6.65.